The summed E-state index contributed by atoms with van der Waals surface area (Å²) in [6.45, 7) is 0. The smallest absolute Gasteiger partial charge is 0.338 e. The summed E-state index contributed by atoms with van der Waals surface area (Å²) in [6.07, 6.45) is 0. The lowest BCUT2D eigenvalue weighted by Gasteiger charge is -2.10. The topological polar surface area (TPSA) is 52.6 Å². The molecular weight excluding hydrogens is 268 g/mol. The number of ether oxygens (including phenoxy) is 2. The molecule has 0 heterocycles. The van der Waals surface area contributed by atoms with Gasteiger partial charge in [-0.3, -0.25) is 0 Å². The van der Waals surface area contributed by atoms with Gasteiger partial charge in [0, 0.05) is 15.8 Å². The Morgan fingerprint density at radius 2 is 1.53 bits per heavy atom. The van der Waals surface area contributed by atoms with Crippen LogP contribution in [0.5, 0.6) is 0 Å². The van der Waals surface area contributed by atoms with E-state index in [1.807, 2.05) is 0 Å². The van der Waals surface area contributed by atoms with Gasteiger partial charge in [-0.25, -0.2) is 9.59 Å². The van der Waals surface area contributed by atoms with Crippen molar-refractivity contribution in [1.29, 1.82) is 0 Å². The van der Waals surface area contributed by atoms with Crippen LogP contribution in [0.2, 0.25) is 5.02 Å². The minimum absolute atomic E-state index is 0.280. The number of carbonyl (C=O) groups excluding carboxylic acids is 2. The van der Waals surface area contributed by atoms with E-state index >= 15 is 0 Å². The summed E-state index contributed by atoms with van der Waals surface area (Å²) in [6, 6.07) is 8.12. The lowest BCUT2D eigenvalue weighted by Crippen LogP contribution is -2.07. The van der Waals surface area contributed by atoms with Crippen molar-refractivity contribution in [3.05, 3.63) is 46.5 Å². The van der Waals surface area contributed by atoms with Crippen LogP contribution in [-0.4, -0.2) is 26.2 Å². The van der Waals surface area contributed by atoms with Gasteiger partial charge in [-0.2, -0.15) is 0 Å². The summed E-state index contributed by atoms with van der Waals surface area (Å²) in [7, 11) is 2.56. The number of carbonyl (C=O) groups is 2. The molecule has 4 nitrogen and oxygen atoms in total. The Hall–Kier alpha value is -2.07. The van der Waals surface area contributed by atoms with Gasteiger partial charge < -0.3 is 9.47 Å². The summed E-state index contributed by atoms with van der Waals surface area (Å²) in [5, 5.41) is 1.49. The van der Waals surface area contributed by atoms with Gasteiger partial charge in [0.25, 0.3) is 0 Å². The molecule has 2 aromatic rings. The van der Waals surface area contributed by atoms with Gasteiger partial charge in [0.1, 0.15) is 0 Å². The predicted molar refractivity (Wildman–Crippen MR) is 71.6 cm³/mol. The van der Waals surface area contributed by atoms with E-state index in [0.717, 1.165) is 0 Å². The first-order chi connectivity index (χ1) is 9.10. The minimum Gasteiger partial charge on any atom is -0.465 e. The van der Waals surface area contributed by atoms with Crippen molar-refractivity contribution < 1.29 is 19.1 Å². The van der Waals surface area contributed by atoms with Crippen LogP contribution >= 0.6 is 11.6 Å². The van der Waals surface area contributed by atoms with E-state index in [2.05, 4.69) is 0 Å². The van der Waals surface area contributed by atoms with Crippen LogP contribution in [-0.2, 0) is 9.47 Å². The fraction of sp³-hybridized carbons (Fsp3) is 0.143. The van der Waals surface area contributed by atoms with Gasteiger partial charge in [-0.05, 0) is 18.2 Å². The number of fused-ring (bicyclic) bond motifs is 1. The molecular formula is C14H11ClO4. The van der Waals surface area contributed by atoms with Crippen molar-refractivity contribution in [1.82, 2.24) is 0 Å². The zero-order valence-electron chi connectivity index (χ0n) is 10.4. The molecule has 2 aromatic carbocycles. The molecule has 0 radical (unpaired) electrons. The molecule has 0 bridgehead atoms. The standard InChI is InChI=1S/C14H11ClO4/c1-18-13(16)9-5-3-4-8-11(15)7-6-10(12(8)9)14(17)19-2/h3-7H,1-2H3. The number of rotatable bonds is 2. The fourth-order valence-electron chi connectivity index (χ4n) is 1.93. The molecule has 2 rings (SSSR count). The Morgan fingerprint density at radius 3 is 2.11 bits per heavy atom. The van der Waals surface area contributed by atoms with Crippen LogP contribution in [0.3, 0.4) is 0 Å². The van der Waals surface area contributed by atoms with Gasteiger partial charge >= 0.3 is 11.9 Å². The summed E-state index contributed by atoms with van der Waals surface area (Å²) < 4.78 is 9.44. The molecule has 0 spiro atoms. The first-order valence-corrected chi connectivity index (χ1v) is 5.85. The van der Waals surface area contributed by atoms with Gasteiger partial charge in [-0.15, -0.1) is 0 Å². The molecule has 0 saturated heterocycles. The number of halogens is 1. The molecule has 98 valence electrons. The van der Waals surface area contributed by atoms with Crippen LogP contribution in [0.1, 0.15) is 20.7 Å². The summed E-state index contributed by atoms with van der Waals surface area (Å²) in [5.74, 6) is -1.06. The van der Waals surface area contributed by atoms with Crippen molar-refractivity contribution in [3.63, 3.8) is 0 Å². The van der Waals surface area contributed by atoms with Gasteiger partial charge in [0.15, 0.2) is 0 Å². The SMILES string of the molecule is COC(=O)c1cccc2c(Cl)ccc(C(=O)OC)c12. The predicted octanol–water partition coefficient (Wildman–Crippen LogP) is 3.07. The molecule has 0 saturated carbocycles. The van der Waals surface area contributed by atoms with Crippen LogP contribution < -0.4 is 0 Å². The van der Waals surface area contributed by atoms with E-state index in [0.29, 0.717) is 15.8 Å². The summed E-state index contributed by atoms with van der Waals surface area (Å²) in [4.78, 5) is 23.6. The van der Waals surface area contributed by atoms with E-state index in [-0.39, 0.29) is 11.1 Å². The molecule has 0 fully saturated rings. The van der Waals surface area contributed by atoms with Crippen molar-refractivity contribution in [2.75, 3.05) is 14.2 Å². The van der Waals surface area contributed by atoms with Crippen LogP contribution in [0.25, 0.3) is 10.8 Å². The highest BCUT2D eigenvalue weighted by Crippen LogP contribution is 2.30. The Kier molecular flexibility index (Phi) is 3.71. The zero-order valence-corrected chi connectivity index (χ0v) is 11.2. The summed E-state index contributed by atoms with van der Waals surface area (Å²) in [5.41, 5.74) is 0.561. The second-order valence-electron chi connectivity index (χ2n) is 3.81. The molecule has 0 aliphatic carbocycles. The first kappa shape index (κ1) is 13.4. The molecule has 0 aliphatic heterocycles. The van der Waals surface area contributed by atoms with Gasteiger partial charge in [-0.1, -0.05) is 23.7 Å². The van der Waals surface area contributed by atoms with Crippen LogP contribution in [0.4, 0.5) is 0 Å². The van der Waals surface area contributed by atoms with E-state index in [1.54, 1.807) is 24.3 Å². The minimum atomic E-state index is -0.530. The average Bonchev–Trinajstić information content (AvgIpc) is 2.45. The molecule has 0 N–H and O–H groups in total. The Balaban J connectivity index is 2.87. The molecule has 0 aromatic heterocycles. The van der Waals surface area contributed by atoms with E-state index in [4.69, 9.17) is 21.1 Å². The molecule has 19 heavy (non-hydrogen) atoms. The van der Waals surface area contributed by atoms with E-state index in [9.17, 15) is 9.59 Å². The normalized spacial score (nSPS) is 10.3. The van der Waals surface area contributed by atoms with E-state index in [1.165, 1.54) is 20.3 Å². The second-order valence-corrected chi connectivity index (χ2v) is 4.21. The molecule has 5 heteroatoms. The molecule has 0 unspecified atom stereocenters. The Bertz CT molecular complexity index is 642. The van der Waals surface area contributed by atoms with Gasteiger partial charge in [0.2, 0.25) is 0 Å². The highest BCUT2D eigenvalue weighted by Gasteiger charge is 2.19. The maximum Gasteiger partial charge on any atom is 0.338 e. The second kappa shape index (κ2) is 5.28. The van der Waals surface area contributed by atoms with Crippen molar-refractivity contribution in [2.24, 2.45) is 0 Å². The largest absolute Gasteiger partial charge is 0.465 e. The number of benzene rings is 2. The monoisotopic (exact) mass is 278 g/mol. The number of esters is 2. The fourth-order valence-corrected chi connectivity index (χ4v) is 2.15. The van der Waals surface area contributed by atoms with Crippen molar-refractivity contribution in [3.8, 4) is 0 Å². The quantitative estimate of drug-likeness (QED) is 0.792. The number of methoxy groups -OCH3 is 2. The van der Waals surface area contributed by atoms with Crippen molar-refractivity contribution >= 4 is 34.3 Å². The Labute approximate surface area is 114 Å². The maximum atomic E-state index is 11.8. The zero-order chi connectivity index (χ0) is 14.0. The third-order valence-corrected chi connectivity index (χ3v) is 3.13. The number of hydrogen-bond donors (Lipinski definition) is 0. The lowest BCUT2D eigenvalue weighted by molar-refractivity contribution is 0.0601. The lowest BCUT2D eigenvalue weighted by atomic mass is 9.99. The van der Waals surface area contributed by atoms with Crippen molar-refractivity contribution in [2.45, 2.75) is 0 Å². The molecule has 0 amide bonds. The molecule has 0 atom stereocenters. The van der Waals surface area contributed by atoms with Crippen LogP contribution in [0.15, 0.2) is 30.3 Å². The highest BCUT2D eigenvalue weighted by atomic mass is 35.5. The average molecular weight is 279 g/mol. The maximum absolute atomic E-state index is 11.8. The molecule has 0 aliphatic rings. The number of hydrogen-bond acceptors (Lipinski definition) is 4. The third kappa shape index (κ3) is 2.27. The first-order valence-electron chi connectivity index (χ1n) is 5.48. The third-order valence-electron chi connectivity index (χ3n) is 2.80. The highest BCUT2D eigenvalue weighted by molar-refractivity contribution is 6.36. The summed E-state index contributed by atoms with van der Waals surface area (Å²) >= 11 is 6.09. The van der Waals surface area contributed by atoms with Crippen LogP contribution in [0, 0.1) is 0 Å². The van der Waals surface area contributed by atoms with Gasteiger partial charge in [0.05, 0.1) is 25.3 Å². The van der Waals surface area contributed by atoms with E-state index < -0.39 is 11.9 Å². The Morgan fingerprint density at radius 1 is 0.947 bits per heavy atom.